The number of hydrogen-bond donors (Lipinski definition) is 1. The molecule has 0 saturated carbocycles. The molecule has 0 unspecified atom stereocenters. The van der Waals surface area contributed by atoms with Crippen molar-refractivity contribution in [1.29, 1.82) is 0 Å². The molecule has 4 heteroatoms. The second kappa shape index (κ2) is 5.17. The molecule has 0 spiro atoms. The lowest BCUT2D eigenvalue weighted by molar-refractivity contribution is 0.148. The summed E-state index contributed by atoms with van der Waals surface area (Å²) in [4.78, 5) is 4.79. The average molecular weight is 285 g/mol. The van der Waals surface area contributed by atoms with Gasteiger partial charge >= 0.3 is 0 Å². The van der Waals surface area contributed by atoms with Crippen molar-refractivity contribution in [2.45, 2.75) is 6.54 Å². The topological polar surface area (TPSA) is 26.7 Å². The van der Waals surface area contributed by atoms with Crippen molar-refractivity contribution >= 4 is 15.9 Å². The molecular formula is C12H17BrN2O. The van der Waals surface area contributed by atoms with Crippen molar-refractivity contribution < 1.29 is 5.11 Å². The maximum Gasteiger partial charge on any atom is 0.129 e. The van der Waals surface area contributed by atoms with Gasteiger partial charge in [0.2, 0.25) is 0 Å². The first-order valence-electron chi connectivity index (χ1n) is 5.53. The van der Waals surface area contributed by atoms with Crippen LogP contribution in [0.5, 0.6) is 5.75 Å². The number of hydrogen-bond acceptors (Lipinski definition) is 3. The number of rotatable bonds is 2. The normalized spacial score (nSPS) is 18.9. The van der Waals surface area contributed by atoms with Crippen molar-refractivity contribution in [1.82, 2.24) is 9.80 Å². The molecule has 2 rings (SSSR count). The fraction of sp³-hybridized carbons (Fsp3) is 0.500. The van der Waals surface area contributed by atoms with E-state index in [2.05, 4.69) is 32.8 Å². The van der Waals surface area contributed by atoms with Gasteiger partial charge in [-0.15, -0.1) is 0 Å². The van der Waals surface area contributed by atoms with E-state index < -0.39 is 0 Å². The van der Waals surface area contributed by atoms with E-state index in [4.69, 9.17) is 0 Å². The van der Waals surface area contributed by atoms with Crippen LogP contribution in [0.1, 0.15) is 5.56 Å². The molecule has 0 radical (unpaired) electrons. The summed E-state index contributed by atoms with van der Waals surface area (Å²) in [7, 11) is 2.16. The second-order valence-electron chi connectivity index (χ2n) is 4.37. The molecule has 0 bridgehead atoms. The number of benzene rings is 1. The summed E-state index contributed by atoms with van der Waals surface area (Å²) in [6, 6.07) is 5.72. The zero-order chi connectivity index (χ0) is 11.5. The van der Waals surface area contributed by atoms with Gasteiger partial charge in [0.05, 0.1) is 4.47 Å². The molecule has 1 aromatic carbocycles. The number of halogens is 1. The Bertz CT molecular complexity index is 362. The molecular weight excluding hydrogens is 268 g/mol. The summed E-state index contributed by atoms with van der Waals surface area (Å²) in [5.74, 6) is 0.308. The number of phenolic OH excluding ortho intramolecular Hbond substituents is 1. The van der Waals surface area contributed by atoms with Crippen LogP contribution in [-0.4, -0.2) is 48.1 Å². The lowest BCUT2D eigenvalue weighted by atomic mass is 10.2. The molecule has 3 nitrogen and oxygen atoms in total. The highest BCUT2D eigenvalue weighted by Gasteiger charge is 2.14. The number of likely N-dealkylation sites (N-methyl/N-ethyl adjacent to an activating group) is 1. The van der Waals surface area contributed by atoms with Gasteiger partial charge in [-0.25, -0.2) is 0 Å². The zero-order valence-electron chi connectivity index (χ0n) is 9.49. The van der Waals surface area contributed by atoms with Gasteiger partial charge in [0.1, 0.15) is 5.75 Å². The third kappa shape index (κ3) is 2.97. The summed E-state index contributed by atoms with van der Waals surface area (Å²) in [6.07, 6.45) is 0. The van der Waals surface area contributed by atoms with E-state index >= 15 is 0 Å². The molecule has 16 heavy (non-hydrogen) atoms. The standard InChI is InChI=1S/C12H17BrN2O/c1-14-4-6-15(7-5-14)9-10-2-3-12(16)11(13)8-10/h2-3,8,16H,4-7,9H2,1H3. The van der Waals surface area contributed by atoms with E-state index in [0.717, 1.165) is 37.2 Å². The molecule has 0 aliphatic carbocycles. The lowest BCUT2D eigenvalue weighted by Crippen LogP contribution is -2.43. The molecule has 1 aromatic rings. The minimum absolute atomic E-state index is 0.308. The molecule has 1 N–H and O–H groups in total. The van der Waals surface area contributed by atoms with Gasteiger partial charge in [0, 0.05) is 32.7 Å². The number of aromatic hydroxyl groups is 1. The molecule has 1 saturated heterocycles. The first kappa shape index (κ1) is 11.9. The SMILES string of the molecule is CN1CCN(Cc2ccc(O)c(Br)c2)CC1. The largest absolute Gasteiger partial charge is 0.507 e. The van der Waals surface area contributed by atoms with Crippen LogP contribution in [0, 0.1) is 0 Å². The number of nitrogens with zero attached hydrogens (tertiary/aromatic N) is 2. The van der Waals surface area contributed by atoms with Crippen molar-refractivity contribution in [3.05, 3.63) is 28.2 Å². The Morgan fingerprint density at radius 2 is 1.94 bits per heavy atom. The summed E-state index contributed by atoms with van der Waals surface area (Å²) in [5.41, 5.74) is 1.24. The fourth-order valence-corrected chi connectivity index (χ4v) is 2.34. The van der Waals surface area contributed by atoms with Crippen LogP contribution in [0.3, 0.4) is 0 Å². The highest BCUT2D eigenvalue weighted by atomic mass is 79.9. The molecule has 1 aliphatic rings. The Hall–Kier alpha value is -0.580. The smallest absolute Gasteiger partial charge is 0.129 e. The van der Waals surface area contributed by atoms with Crippen LogP contribution in [0.15, 0.2) is 22.7 Å². The van der Waals surface area contributed by atoms with Crippen LogP contribution < -0.4 is 0 Å². The fourth-order valence-electron chi connectivity index (χ4n) is 1.91. The molecule has 1 heterocycles. The van der Waals surface area contributed by atoms with Crippen molar-refractivity contribution in [3.63, 3.8) is 0 Å². The van der Waals surface area contributed by atoms with E-state index in [1.807, 2.05) is 12.1 Å². The minimum atomic E-state index is 0.308. The maximum atomic E-state index is 9.42. The molecule has 1 aliphatic heterocycles. The number of piperazine rings is 1. The number of phenols is 1. The van der Waals surface area contributed by atoms with Gasteiger partial charge in [-0.05, 0) is 40.7 Å². The molecule has 1 fully saturated rings. The first-order valence-corrected chi connectivity index (χ1v) is 6.33. The van der Waals surface area contributed by atoms with Gasteiger partial charge in [-0.3, -0.25) is 4.90 Å². The van der Waals surface area contributed by atoms with Gasteiger partial charge in [0.15, 0.2) is 0 Å². The third-order valence-electron chi connectivity index (χ3n) is 3.01. The Morgan fingerprint density at radius 1 is 1.25 bits per heavy atom. The van der Waals surface area contributed by atoms with Crippen LogP contribution >= 0.6 is 15.9 Å². The predicted octanol–water partition coefficient (Wildman–Crippen LogP) is 1.90. The van der Waals surface area contributed by atoms with E-state index in [-0.39, 0.29) is 0 Å². The second-order valence-corrected chi connectivity index (χ2v) is 5.22. The Kier molecular flexibility index (Phi) is 3.84. The van der Waals surface area contributed by atoms with Crippen LogP contribution in [-0.2, 0) is 6.54 Å². The maximum absolute atomic E-state index is 9.42. The van der Waals surface area contributed by atoms with Crippen molar-refractivity contribution in [2.75, 3.05) is 33.2 Å². The quantitative estimate of drug-likeness (QED) is 0.899. The Labute approximate surface area is 105 Å². The van der Waals surface area contributed by atoms with E-state index in [0.29, 0.717) is 5.75 Å². The van der Waals surface area contributed by atoms with Crippen molar-refractivity contribution in [3.8, 4) is 5.75 Å². The average Bonchev–Trinajstić information content (AvgIpc) is 2.27. The molecule has 88 valence electrons. The molecule has 0 atom stereocenters. The van der Waals surface area contributed by atoms with E-state index in [1.165, 1.54) is 5.56 Å². The van der Waals surface area contributed by atoms with Crippen LogP contribution in [0.25, 0.3) is 0 Å². The van der Waals surface area contributed by atoms with Crippen LogP contribution in [0.2, 0.25) is 0 Å². The van der Waals surface area contributed by atoms with Crippen molar-refractivity contribution in [2.24, 2.45) is 0 Å². The van der Waals surface area contributed by atoms with Gasteiger partial charge in [-0.2, -0.15) is 0 Å². The van der Waals surface area contributed by atoms with Gasteiger partial charge in [0.25, 0.3) is 0 Å². The van der Waals surface area contributed by atoms with Gasteiger partial charge in [-0.1, -0.05) is 6.07 Å². The van der Waals surface area contributed by atoms with Crippen LogP contribution in [0.4, 0.5) is 0 Å². The summed E-state index contributed by atoms with van der Waals surface area (Å²) < 4.78 is 0.777. The van der Waals surface area contributed by atoms with Gasteiger partial charge < -0.3 is 10.0 Å². The predicted molar refractivity (Wildman–Crippen MR) is 68.6 cm³/mol. The lowest BCUT2D eigenvalue weighted by Gasteiger charge is -2.32. The monoisotopic (exact) mass is 284 g/mol. The zero-order valence-corrected chi connectivity index (χ0v) is 11.1. The molecule has 0 aromatic heterocycles. The highest BCUT2D eigenvalue weighted by molar-refractivity contribution is 9.10. The Morgan fingerprint density at radius 3 is 2.56 bits per heavy atom. The van der Waals surface area contributed by atoms with E-state index in [1.54, 1.807) is 6.07 Å². The molecule has 0 amide bonds. The van der Waals surface area contributed by atoms with E-state index in [9.17, 15) is 5.11 Å². The Balaban J connectivity index is 1.96. The first-order chi connectivity index (χ1) is 7.65. The summed E-state index contributed by atoms with van der Waals surface area (Å²) >= 11 is 3.34. The highest BCUT2D eigenvalue weighted by Crippen LogP contribution is 2.24. The summed E-state index contributed by atoms with van der Waals surface area (Å²) in [6.45, 7) is 5.48. The third-order valence-corrected chi connectivity index (χ3v) is 3.65. The summed E-state index contributed by atoms with van der Waals surface area (Å²) in [5, 5.41) is 9.42. The minimum Gasteiger partial charge on any atom is -0.507 e.